The van der Waals surface area contributed by atoms with Gasteiger partial charge in [0.2, 0.25) is 0 Å². The Morgan fingerprint density at radius 2 is 1.62 bits per heavy atom. The van der Waals surface area contributed by atoms with Crippen molar-refractivity contribution in [2.24, 2.45) is 5.41 Å². The molecular formula is C25H34N2O4S. The summed E-state index contributed by atoms with van der Waals surface area (Å²) in [5.74, 6) is 0.0564. The summed E-state index contributed by atoms with van der Waals surface area (Å²) in [4.78, 5) is 13.4. The second-order valence-electron chi connectivity index (χ2n) is 10.5. The normalized spacial score (nSPS) is 16.8. The minimum Gasteiger partial charge on any atom is -0.476 e. The van der Waals surface area contributed by atoms with Gasteiger partial charge in [-0.25, -0.2) is 8.42 Å². The van der Waals surface area contributed by atoms with E-state index in [1.54, 1.807) is 36.4 Å². The van der Waals surface area contributed by atoms with Gasteiger partial charge in [-0.1, -0.05) is 44.5 Å². The lowest BCUT2D eigenvalue weighted by atomic mass is 9.81. The van der Waals surface area contributed by atoms with Gasteiger partial charge in [0.15, 0.2) is 6.10 Å². The number of rotatable bonds is 5. The van der Waals surface area contributed by atoms with Crippen molar-refractivity contribution in [2.45, 2.75) is 71.4 Å². The van der Waals surface area contributed by atoms with E-state index in [2.05, 4.69) is 26.1 Å². The first kappa shape index (κ1) is 24.1. The number of fused-ring (bicyclic) bond motifs is 1. The first-order chi connectivity index (χ1) is 14.7. The van der Waals surface area contributed by atoms with Gasteiger partial charge in [-0.15, -0.1) is 0 Å². The molecule has 1 aliphatic rings. The minimum absolute atomic E-state index is 0.0230. The molecule has 0 saturated heterocycles. The quantitative estimate of drug-likeness (QED) is 0.711. The maximum absolute atomic E-state index is 13.6. The molecule has 0 radical (unpaired) electrons. The van der Waals surface area contributed by atoms with Crippen LogP contribution in [0, 0.1) is 19.3 Å². The predicted octanol–water partition coefficient (Wildman–Crippen LogP) is 4.59. The Labute approximate surface area is 192 Å². The molecule has 32 heavy (non-hydrogen) atoms. The van der Waals surface area contributed by atoms with Crippen molar-refractivity contribution in [3.05, 3.63) is 53.6 Å². The summed E-state index contributed by atoms with van der Waals surface area (Å²) < 4.78 is 34.4. The number of benzene rings is 2. The number of amides is 1. The fraction of sp³-hybridized carbons (Fsp3) is 0.480. The number of carbonyl (C=O) groups excluding carboxylic acids is 1. The summed E-state index contributed by atoms with van der Waals surface area (Å²) in [5.41, 5.74) is 1.89. The van der Waals surface area contributed by atoms with Gasteiger partial charge in [0, 0.05) is 5.54 Å². The molecule has 2 aromatic rings. The van der Waals surface area contributed by atoms with Crippen molar-refractivity contribution < 1.29 is 17.9 Å². The molecule has 1 heterocycles. The van der Waals surface area contributed by atoms with Crippen LogP contribution in [0.2, 0.25) is 0 Å². The zero-order chi connectivity index (χ0) is 23.9. The summed E-state index contributed by atoms with van der Waals surface area (Å²) in [6.07, 6.45) is -0.190. The number of anilines is 1. The lowest BCUT2D eigenvalue weighted by Gasteiger charge is -2.38. The van der Waals surface area contributed by atoms with Gasteiger partial charge in [-0.2, -0.15) is 0 Å². The zero-order valence-electron chi connectivity index (χ0n) is 20.0. The van der Waals surface area contributed by atoms with Crippen molar-refractivity contribution in [1.29, 1.82) is 0 Å². The Kier molecular flexibility index (Phi) is 6.35. The van der Waals surface area contributed by atoms with E-state index >= 15 is 0 Å². The molecule has 0 saturated carbocycles. The van der Waals surface area contributed by atoms with Gasteiger partial charge in [-0.3, -0.25) is 9.10 Å². The minimum atomic E-state index is -3.87. The van der Waals surface area contributed by atoms with Gasteiger partial charge < -0.3 is 10.1 Å². The third-order valence-corrected chi connectivity index (χ3v) is 7.11. The molecule has 174 valence electrons. The van der Waals surface area contributed by atoms with Crippen LogP contribution in [0.3, 0.4) is 0 Å². The number of carbonyl (C=O) groups is 1. The highest BCUT2D eigenvalue weighted by Crippen LogP contribution is 2.38. The molecule has 1 aliphatic heterocycles. The molecule has 0 bridgehead atoms. The smallest absolute Gasteiger partial charge is 0.264 e. The standard InChI is InChI=1S/C25H34N2O4S/c1-17-8-11-19(12-9-17)32(29,30)27-15-22(31-21-13-10-18(2)14-20(21)27)23(28)26-25(6,7)16-24(3,4)5/h8-14,22H,15-16H2,1-7H3,(H,26,28)/t22-/m0/s1. The Morgan fingerprint density at radius 3 is 2.22 bits per heavy atom. The van der Waals surface area contributed by atoms with Crippen LogP contribution >= 0.6 is 0 Å². The van der Waals surface area contributed by atoms with Crippen molar-refractivity contribution in [3.8, 4) is 5.75 Å². The van der Waals surface area contributed by atoms with Gasteiger partial charge in [-0.05, 0) is 69.4 Å². The summed E-state index contributed by atoms with van der Waals surface area (Å²) in [5, 5.41) is 3.06. The predicted molar refractivity (Wildman–Crippen MR) is 128 cm³/mol. The van der Waals surface area contributed by atoms with E-state index in [0.29, 0.717) is 11.4 Å². The van der Waals surface area contributed by atoms with Crippen LogP contribution in [0.15, 0.2) is 47.4 Å². The SMILES string of the molecule is Cc1ccc(S(=O)(=O)N2C[C@@H](C(=O)NC(C)(C)CC(C)(C)C)Oc3ccc(C)cc32)cc1. The number of nitrogens with zero attached hydrogens (tertiary/aromatic N) is 1. The average Bonchev–Trinajstić information content (AvgIpc) is 2.65. The number of sulfonamides is 1. The molecule has 3 rings (SSSR count). The zero-order valence-corrected chi connectivity index (χ0v) is 20.8. The topological polar surface area (TPSA) is 75.7 Å². The molecule has 2 aromatic carbocycles. The van der Waals surface area contributed by atoms with Crippen molar-refractivity contribution in [2.75, 3.05) is 10.8 Å². The summed E-state index contributed by atoms with van der Waals surface area (Å²) in [7, 11) is -3.87. The maximum Gasteiger partial charge on any atom is 0.264 e. The van der Waals surface area contributed by atoms with Crippen LogP contribution in [-0.2, 0) is 14.8 Å². The van der Waals surface area contributed by atoms with Crippen LogP contribution in [0.1, 0.15) is 52.2 Å². The van der Waals surface area contributed by atoms with Gasteiger partial charge in [0.25, 0.3) is 15.9 Å². The first-order valence-electron chi connectivity index (χ1n) is 10.9. The van der Waals surface area contributed by atoms with Crippen molar-refractivity contribution in [3.63, 3.8) is 0 Å². The van der Waals surface area contributed by atoms with Gasteiger partial charge in [0.1, 0.15) is 5.75 Å². The molecule has 0 spiro atoms. The van der Waals surface area contributed by atoms with E-state index in [1.807, 2.05) is 33.8 Å². The molecule has 1 N–H and O–H groups in total. The van der Waals surface area contributed by atoms with Crippen molar-refractivity contribution in [1.82, 2.24) is 5.32 Å². The highest BCUT2D eigenvalue weighted by Gasteiger charge is 2.39. The number of ether oxygens (including phenoxy) is 1. The van der Waals surface area contributed by atoms with E-state index in [1.165, 1.54) is 4.31 Å². The average molecular weight is 459 g/mol. The van der Waals surface area contributed by atoms with Gasteiger partial charge in [0.05, 0.1) is 17.1 Å². The molecule has 1 atom stereocenters. The van der Waals surface area contributed by atoms with Crippen LogP contribution in [-0.4, -0.2) is 32.5 Å². The Hall–Kier alpha value is -2.54. The highest BCUT2D eigenvalue weighted by atomic mass is 32.2. The molecule has 0 aromatic heterocycles. The van der Waals surface area contributed by atoms with Crippen LogP contribution < -0.4 is 14.4 Å². The van der Waals surface area contributed by atoms with Crippen LogP contribution in [0.25, 0.3) is 0 Å². The summed E-state index contributed by atoms with van der Waals surface area (Å²) in [6.45, 7) is 14.0. The van der Waals surface area contributed by atoms with E-state index in [-0.39, 0.29) is 22.8 Å². The Bertz CT molecular complexity index is 1100. The van der Waals surface area contributed by atoms with Crippen LogP contribution in [0.5, 0.6) is 5.75 Å². The molecule has 7 heteroatoms. The monoisotopic (exact) mass is 458 g/mol. The van der Waals surface area contributed by atoms with E-state index in [4.69, 9.17) is 4.74 Å². The second-order valence-corrected chi connectivity index (χ2v) is 12.4. The largest absolute Gasteiger partial charge is 0.476 e. The Morgan fingerprint density at radius 1 is 1.03 bits per heavy atom. The van der Waals surface area contributed by atoms with Crippen molar-refractivity contribution >= 4 is 21.6 Å². The third-order valence-electron chi connectivity index (χ3n) is 5.32. The van der Waals surface area contributed by atoms with E-state index in [9.17, 15) is 13.2 Å². The maximum atomic E-state index is 13.6. The molecular weight excluding hydrogens is 424 g/mol. The highest BCUT2D eigenvalue weighted by molar-refractivity contribution is 7.92. The van der Waals surface area contributed by atoms with E-state index < -0.39 is 21.7 Å². The number of hydrogen-bond donors (Lipinski definition) is 1. The summed E-state index contributed by atoms with van der Waals surface area (Å²) in [6, 6.07) is 12.1. The lowest BCUT2D eigenvalue weighted by Crippen LogP contribution is -2.55. The summed E-state index contributed by atoms with van der Waals surface area (Å²) >= 11 is 0. The first-order valence-corrected chi connectivity index (χ1v) is 12.3. The van der Waals surface area contributed by atoms with Crippen LogP contribution in [0.4, 0.5) is 5.69 Å². The third kappa shape index (κ3) is 5.44. The molecule has 0 aliphatic carbocycles. The number of hydrogen-bond acceptors (Lipinski definition) is 4. The number of aryl methyl sites for hydroxylation is 2. The fourth-order valence-electron chi connectivity index (χ4n) is 4.35. The van der Waals surface area contributed by atoms with Gasteiger partial charge >= 0.3 is 0 Å². The number of nitrogens with one attached hydrogen (secondary N) is 1. The molecule has 6 nitrogen and oxygen atoms in total. The molecule has 0 unspecified atom stereocenters. The van der Waals surface area contributed by atoms with E-state index in [0.717, 1.165) is 17.5 Å². The fourth-order valence-corrected chi connectivity index (χ4v) is 5.81. The molecule has 1 amide bonds. The lowest BCUT2D eigenvalue weighted by molar-refractivity contribution is -0.129. The molecule has 0 fully saturated rings. The Balaban J connectivity index is 1.95. The second kappa shape index (κ2) is 8.43.